The van der Waals surface area contributed by atoms with Crippen molar-refractivity contribution < 1.29 is 35.9 Å². The third-order valence-electron chi connectivity index (χ3n) is 3.39. The zero-order chi connectivity index (χ0) is 20.8. The molecule has 2 aromatic carbocycles. The van der Waals surface area contributed by atoms with E-state index in [0.717, 1.165) is 30.5 Å². The van der Waals surface area contributed by atoms with Crippen LogP contribution in [0.5, 0.6) is 11.5 Å². The number of amides is 1. The van der Waals surface area contributed by atoms with E-state index in [1.54, 1.807) is 18.2 Å². The Labute approximate surface area is 160 Å². The maximum Gasteiger partial charge on any atom is 0.416 e. The van der Waals surface area contributed by atoms with Gasteiger partial charge in [-0.2, -0.15) is 13.2 Å². The molecule has 0 radical (unpaired) electrons. The van der Waals surface area contributed by atoms with Crippen LogP contribution in [0.4, 0.5) is 18.9 Å². The summed E-state index contributed by atoms with van der Waals surface area (Å²) in [6.07, 6.45) is -3.34. The molecule has 0 aromatic heterocycles. The van der Waals surface area contributed by atoms with Crippen molar-refractivity contribution in [3.8, 4) is 11.5 Å². The van der Waals surface area contributed by atoms with E-state index in [1.807, 2.05) is 0 Å². The second-order valence-electron chi connectivity index (χ2n) is 5.87. The fourth-order valence-electron chi connectivity index (χ4n) is 2.06. The quantitative estimate of drug-likeness (QED) is 0.714. The van der Waals surface area contributed by atoms with E-state index >= 15 is 0 Å². The fourth-order valence-corrected chi connectivity index (χ4v) is 2.45. The Bertz CT molecular complexity index is 912. The molecule has 0 aliphatic carbocycles. The lowest BCUT2D eigenvalue weighted by molar-refractivity contribution is -0.137. The molecule has 0 unspecified atom stereocenters. The molecule has 0 spiro atoms. The first-order chi connectivity index (χ1) is 13.0. The van der Waals surface area contributed by atoms with E-state index in [1.165, 1.54) is 6.07 Å². The van der Waals surface area contributed by atoms with Gasteiger partial charge in [-0.1, -0.05) is 6.07 Å². The highest BCUT2D eigenvalue weighted by atomic mass is 32.2. The summed E-state index contributed by atoms with van der Waals surface area (Å²) < 4.78 is 70.1. The molecule has 0 heterocycles. The lowest BCUT2D eigenvalue weighted by Crippen LogP contribution is -2.20. The number of anilines is 1. The first kappa shape index (κ1) is 21.5. The van der Waals surface area contributed by atoms with Gasteiger partial charge in [0, 0.05) is 18.0 Å². The normalized spacial score (nSPS) is 11.7. The minimum absolute atomic E-state index is 0.0206. The Morgan fingerprint density at radius 3 is 2.32 bits per heavy atom. The van der Waals surface area contributed by atoms with Crippen LogP contribution in [0.25, 0.3) is 0 Å². The minimum atomic E-state index is -4.44. The number of nitrogens with one attached hydrogen (secondary N) is 1. The summed E-state index contributed by atoms with van der Waals surface area (Å²) >= 11 is 0. The summed E-state index contributed by atoms with van der Waals surface area (Å²) in [5.41, 5.74) is -0.408. The lowest BCUT2D eigenvalue weighted by atomic mass is 10.2. The van der Waals surface area contributed by atoms with Crippen molar-refractivity contribution in [2.75, 3.05) is 30.5 Å². The Morgan fingerprint density at radius 2 is 1.71 bits per heavy atom. The second kappa shape index (κ2) is 8.96. The first-order valence-corrected chi connectivity index (χ1v) is 10.1. The summed E-state index contributed by atoms with van der Waals surface area (Å²) in [6, 6.07) is 10.3. The van der Waals surface area contributed by atoms with Gasteiger partial charge < -0.3 is 14.8 Å². The van der Waals surface area contributed by atoms with Gasteiger partial charge >= 0.3 is 6.18 Å². The summed E-state index contributed by atoms with van der Waals surface area (Å²) in [6.45, 7) is -0.419. The number of ether oxygens (including phenoxy) is 2. The van der Waals surface area contributed by atoms with E-state index in [-0.39, 0.29) is 18.1 Å². The van der Waals surface area contributed by atoms with Crippen LogP contribution >= 0.6 is 0 Å². The van der Waals surface area contributed by atoms with Crippen LogP contribution in [0.1, 0.15) is 5.56 Å². The van der Waals surface area contributed by atoms with Crippen LogP contribution in [-0.2, 0) is 20.8 Å². The molecule has 0 atom stereocenters. The zero-order valence-corrected chi connectivity index (χ0v) is 15.6. The number of carbonyl (C=O) groups excluding carboxylic acids is 1. The number of hydrogen-bond donors (Lipinski definition) is 1. The van der Waals surface area contributed by atoms with Crippen molar-refractivity contribution >= 4 is 21.4 Å². The number of halogens is 3. The Kier molecular flexibility index (Phi) is 6.90. The van der Waals surface area contributed by atoms with Gasteiger partial charge in [0.25, 0.3) is 5.91 Å². The highest BCUT2D eigenvalue weighted by Gasteiger charge is 2.30. The number of carbonyl (C=O) groups is 1. The molecule has 0 fully saturated rings. The molecule has 152 valence electrons. The number of sulfone groups is 1. The van der Waals surface area contributed by atoms with E-state index in [9.17, 15) is 26.4 Å². The predicted molar refractivity (Wildman–Crippen MR) is 97.2 cm³/mol. The van der Waals surface area contributed by atoms with Gasteiger partial charge in [-0.3, -0.25) is 4.79 Å². The average Bonchev–Trinajstić information content (AvgIpc) is 2.59. The van der Waals surface area contributed by atoms with Crippen molar-refractivity contribution in [2.24, 2.45) is 0 Å². The van der Waals surface area contributed by atoms with E-state index in [0.29, 0.717) is 11.4 Å². The Balaban J connectivity index is 1.85. The van der Waals surface area contributed by atoms with Crippen molar-refractivity contribution in [3.63, 3.8) is 0 Å². The molecule has 2 rings (SSSR count). The third-order valence-corrected chi connectivity index (χ3v) is 4.30. The van der Waals surface area contributed by atoms with Gasteiger partial charge in [0.05, 0.1) is 11.3 Å². The van der Waals surface area contributed by atoms with Gasteiger partial charge in [0.1, 0.15) is 18.1 Å². The molecular weight excluding hydrogens is 399 g/mol. The molecule has 0 aliphatic heterocycles. The van der Waals surface area contributed by atoms with Gasteiger partial charge in [0.15, 0.2) is 16.4 Å². The zero-order valence-electron chi connectivity index (χ0n) is 14.8. The van der Waals surface area contributed by atoms with Crippen LogP contribution < -0.4 is 14.8 Å². The summed E-state index contributed by atoms with van der Waals surface area (Å²) in [5.74, 6) is -0.149. The Morgan fingerprint density at radius 1 is 1.04 bits per heavy atom. The molecule has 2 aromatic rings. The van der Waals surface area contributed by atoms with Crippen LogP contribution in [-0.4, -0.2) is 39.5 Å². The van der Waals surface area contributed by atoms with Gasteiger partial charge in [-0.25, -0.2) is 8.42 Å². The molecule has 1 N–H and O–H groups in total. The molecule has 1 amide bonds. The molecule has 6 nitrogen and oxygen atoms in total. The Hall–Kier alpha value is -2.75. The molecule has 0 saturated carbocycles. The average molecular weight is 417 g/mol. The fraction of sp³-hybridized carbons (Fsp3) is 0.278. The molecule has 0 aliphatic rings. The van der Waals surface area contributed by atoms with Crippen LogP contribution in [0.2, 0.25) is 0 Å². The number of alkyl halides is 3. The summed E-state index contributed by atoms with van der Waals surface area (Å²) in [5, 5.41) is 2.55. The topological polar surface area (TPSA) is 81.7 Å². The molecular formula is C18H18F3NO5S. The summed E-state index contributed by atoms with van der Waals surface area (Å²) in [4.78, 5) is 11.9. The van der Waals surface area contributed by atoms with Gasteiger partial charge in [-0.15, -0.1) is 0 Å². The van der Waals surface area contributed by atoms with E-state index < -0.39 is 34.1 Å². The van der Waals surface area contributed by atoms with Gasteiger partial charge in [0.2, 0.25) is 0 Å². The number of rotatable bonds is 8. The highest BCUT2D eigenvalue weighted by molar-refractivity contribution is 7.90. The van der Waals surface area contributed by atoms with Crippen LogP contribution in [0.3, 0.4) is 0 Å². The third kappa shape index (κ3) is 7.47. The molecule has 0 saturated heterocycles. The molecule has 0 bridgehead atoms. The number of hydrogen-bond acceptors (Lipinski definition) is 5. The van der Waals surface area contributed by atoms with Crippen molar-refractivity contribution in [1.82, 2.24) is 0 Å². The first-order valence-electron chi connectivity index (χ1n) is 8.03. The van der Waals surface area contributed by atoms with Crippen molar-refractivity contribution in [3.05, 3.63) is 54.1 Å². The standard InChI is InChI=1S/C18H18F3NO5S/c1-28(24,25)10-9-26-16-4-2-3-14(11-16)22-17(23)12-27-15-7-5-13(6-8-15)18(19,20)21/h2-8,11H,9-10,12H2,1H3,(H,22,23). The smallest absolute Gasteiger partial charge is 0.416 e. The summed E-state index contributed by atoms with van der Waals surface area (Å²) in [7, 11) is -3.14. The lowest BCUT2D eigenvalue weighted by Gasteiger charge is -2.11. The molecule has 10 heteroatoms. The van der Waals surface area contributed by atoms with Crippen LogP contribution in [0.15, 0.2) is 48.5 Å². The van der Waals surface area contributed by atoms with Crippen molar-refractivity contribution in [2.45, 2.75) is 6.18 Å². The number of benzene rings is 2. The van der Waals surface area contributed by atoms with E-state index in [2.05, 4.69) is 5.32 Å². The maximum atomic E-state index is 12.5. The van der Waals surface area contributed by atoms with Gasteiger partial charge in [-0.05, 0) is 36.4 Å². The molecule has 28 heavy (non-hydrogen) atoms. The van der Waals surface area contributed by atoms with Crippen LogP contribution in [0, 0.1) is 0 Å². The highest BCUT2D eigenvalue weighted by Crippen LogP contribution is 2.30. The van der Waals surface area contributed by atoms with Crippen molar-refractivity contribution in [1.29, 1.82) is 0 Å². The SMILES string of the molecule is CS(=O)(=O)CCOc1cccc(NC(=O)COc2ccc(C(F)(F)F)cc2)c1. The predicted octanol–water partition coefficient (Wildman–Crippen LogP) is 3.15. The van der Waals surface area contributed by atoms with E-state index in [4.69, 9.17) is 9.47 Å². The second-order valence-corrected chi connectivity index (χ2v) is 8.12. The monoisotopic (exact) mass is 417 g/mol. The minimum Gasteiger partial charge on any atom is -0.492 e. The maximum absolute atomic E-state index is 12.5. The largest absolute Gasteiger partial charge is 0.492 e.